The van der Waals surface area contributed by atoms with Gasteiger partial charge >= 0.3 is 0 Å². The fraction of sp³-hybridized carbons (Fsp3) is 0.800. The van der Waals surface area contributed by atoms with Gasteiger partial charge in [0.2, 0.25) is 0 Å². The highest BCUT2D eigenvalue weighted by Gasteiger charge is 2.28. The molecule has 0 radical (unpaired) electrons. The van der Waals surface area contributed by atoms with Crippen LogP contribution in [-0.2, 0) is 18.0 Å². The van der Waals surface area contributed by atoms with Crippen molar-refractivity contribution in [3.05, 3.63) is 11.6 Å². The first-order valence-corrected chi connectivity index (χ1v) is 5.48. The minimum Gasteiger partial charge on any atom is -0.388 e. The van der Waals surface area contributed by atoms with E-state index < -0.39 is 0 Å². The summed E-state index contributed by atoms with van der Waals surface area (Å²) in [6.07, 6.45) is 3.32. The SMILES string of the molecule is CCCOCc1nnc(CO)n1C1CC1. The van der Waals surface area contributed by atoms with E-state index in [2.05, 4.69) is 17.1 Å². The molecule has 1 N–H and O–H groups in total. The lowest BCUT2D eigenvalue weighted by molar-refractivity contribution is 0.113. The first kappa shape index (κ1) is 10.6. The van der Waals surface area contributed by atoms with Gasteiger partial charge in [-0.15, -0.1) is 10.2 Å². The summed E-state index contributed by atoms with van der Waals surface area (Å²) in [4.78, 5) is 0. The molecule has 5 heteroatoms. The fourth-order valence-corrected chi connectivity index (χ4v) is 1.63. The molecule has 1 fully saturated rings. The molecule has 0 atom stereocenters. The molecule has 1 aromatic heterocycles. The van der Waals surface area contributed by atoms with Crippen LogP contribution in [0.5, 0.6) is 0 Å². The molecule has 1 saturated carbocycles. The van der Waals surface area contributed by atoms with E-state index in [0.29, 0.717) is 18.5 Å². The second-order valence-electron chi connectivity index (χ2n) is 3.84. The zero-order valence-corrected chi connectivity index (χ0v) is 9.02. The Balaban J connectivity index is 2.05. The van der Waals surface area contributed by atoms with Gasteiger partial charge in [-0.25, -0.2) is 0 Å². The van der Waals surface area contributed by atoms with E-state index in [-0.39, 0.29) is 6.61 Å². The molecule has 15 heavy (non-hydrogen) atoms. The van der Waals surface area contributed by atoms with Gasteiger partial charge in [0.15, 0.2) is 11.6 Å². The van der Waals surface area contributed by atoms with Crippen LogP contribution >= 0.6 is 0 Å². The van der Waals surface area contributed by atoms with Crippen molar-refractivity contribution in [1.29, 1.82) is 0 Å². The van der Waals surface area contributed by atoms with Crippen LogP contribution in [0.3, 0.4) is 0 Å². The van der Waals surface area contributed by atoms with E-state index in [4.69, 9.17) is 9.84 Å². The molecule has 1 heterocycles. The third-order valence-corrected chi connectivity index (χ3v) is 2.47. The standard InChI is InChI=1S/C10H17N3O2/c1-2-5-15-7-10-12-11-9(6-14)13(10)8-3-4-8/h8,14H,2-7H2,1H3. The zero-order chi connectivity index (χ0) is 10.7. The molecule has 1 aliphatic carbocycles. The van der Waals surface area contributed by atoms with Crippen LogP contribution in [0.15, 0.2) is 0 Å². The van der Waals surface area contributed by atoms with Gasteiger partial charge in [-0.2, -0.15) is 0 Å². The quantitative estimate of drug-likeness (QED) is 0.714. The Bertz CT molecular complexity index is 320. The average molecular weight is 211 g/mol. The lowest BCUT2D eigenvalue weighted by Gasteiger charge is -2.07. The molecular formula is C10H17N3O2. The molecule has 0 amide bonds. The second kappa shape index (κ2) is 4.72. The second-order valence-corrected chi connectivity index (χ2v) is 3.84. The van der Waals surface area contributed by atoms with Crippen molar-refractivity contribution in [3.8, 4) is 0 Å². The van der Waals surface area contributed by atoms with Gasteiger partial charge in [-0.05, 0) is 19.3 Å². The Morgan fingerprint density at radius 2 is 2.13 bits per heavy atom. The lowest BCUT2D eigenvalue weighted by Crippen LogP contribution is -2.07. The number of aliphatic hydroxyl groups is 1. The molecule has 1 aromatic rings. The van der Waals surface area contributed by atoms with E-state index in [1.165, 1.54) is 0 Å². The Morgan fingerprint density at radius 1 is 1.40 bits per heavy atom. The Labute approximate surface area is 89.1 Å². The van der Waals surface area contributed by atoms with Gasteiger partial charge in [-0.3, -0.25) is 0 Å². The van der Waals surface area contributed by atoms with Crippen LogP contribution < -0.4 is 0 Å². The summed E-state index contributed by atoms with van der Waals surface area (Å²) in [7, 11) is 0. The van der Waals surface area contributed by atoms with Gasteiger partial charge in [0.1, 0.15) is 13.2 Å². The number of aromatic nitrogens is 3. The van der Waals surface area contributed by atoms with Crippen LogP contribution in [0.1, 0.15) is 43.9 Å². The normalized spacial score (nSPS) is 15.9. The molecule has 1 aliphatic rings. The van der Waals surface area contributed by atoms with Crippen molar-refractivity contribution in [1.82, 2.24) is 14.8 Å². The van der Waals surface area contributed by atoms with E-state index in [1.807, 2.05) is 4.57 Å². The summed E-state index contributed by atoms with van der Waals surface area (Å²) in [6, 6.07) is 0.488. The Morgan fingerprint density at radius 3 is 2.73 bits per heavy atom. The summed E-state index contributed by atoms with van der Waals surface area (Å²) >= 11 is 0. The highest BCUT2D eigenvalue weighted by Crippen LogP contribution is 2.36. The maximum absolute atomic E-state index is 9.12. The number of rotatable bonds is 6. The molecule has 0 saturated heterocycles. The van der Waals surface area contributed by atoms with Crippen molar-refractivity contribution >= 4 is 0 Å². The van der Waals surface area contributed by atoms with Crippen molar-refractivity contribution in [2.45, 2.75) is 45.4 Å². The summed E-state index contributed by atoms with van der Waals surface area (Å²) in [5.41, 5.74) is 0. The van der Waals surface area contributed by atoms with E-state index in [1.54, 1.807) is 0 Å². The summed E-state index contributed by atoms with van der Waals surface area (Å²) in [5, 5.41) is 17.1. The van der Waals surface area contributed by atoms with Crippen molar-refractivity contribution in [2.75, 3.05) is 6.61 Å². The van der Waals surface area contributed by atoms with Crippen LogP contribution in [0, 0.1) is 0 Å². The van der Waals surface area contributed by atoms with Gasteiger partial charge in [0.25, 0.3) is 0 Å². The largest absolute Gasteiger partial charge is 0.388 e. The van der Waals surface area contributed by atoms with E-state index in [0.717, 1.165) is 31.7 Å². The molecular weight excluding hydrogens is 194 g/mol. The maximum atomic E-state index is 9.12. The van der Waals surface area contributed by atoms with Gasteiger partial charge < -0.3 is 14.4 Å². The zero-order valence-electron chi connectivity index (χ0n) is 9.02. The monoisotopic (exact) mass is 211 g/mol. The first-order chi connectivity index (χ1) is 7.36. The number of hydrogen-bond acceptors (Lipinski definition) is 4. The summed E-state index contributed by atoms with van der Waals surface area (Å²) in [5.74, 6) is 1.50. The number of aliphatic hydroxyl groups excluding tert-OH is 1. The summed E-state index contributed by atoms with van der Waals surface area (Å²) < 4.78 is 7.46. The van der Waals surface area contributed by atoms with E-state index >= 15 is 0 Å². The van der Waals surface area contributed by atoms with E-state index in [9.17, 15) is 0 Å². The van der Waals surface area contributed by atoms with Gasteiger partial charge in [0.05, 0.1) is 0 Å². The van der Waals surface area contributed by atoms with Crippen molar-refractivity contribution in [2.24, 2.45) is 0 Å². The molecule has 0 bridgehead atoms. The van der Waals surface area contributed by atoms with Crippen LogP contribution in [0.2, 0.25) is 0 Å². The topological polar surface area (TPSA) is 60.2 Å². The van der Waals surface area contributed by atoms with Crippen LogP contribution in [0.25, 0.3) is 0 Å². The fourth-order valence-electron chi connectivity index (χ4n) is 1.63. The smallest absolute Gasteiger partial charge is 0.159 e. The molecule has 0 aromatic carbocycles. The molecule has 0 spiro atoms. The highest BCUT2D eigenvalue weighted by molar-refractivity contribution is 5.01. The minimum atomic E-state index is -0.0444. The molecule has 0 aliphatic heterocycles. The Hall–Kier alpha value is -0.940. The van der Waals surface area contributed by atoms with Crippen LogP contribution in [-0.4, -0.2) is 26.5 Å². The third-order valence-electron chi connectivity index (χ3n) is 2.47. The lowest BCUT2D eigenvalue weighted by atomic mass is 10.5. The van der Waals surface area contributed by atoms with Gasteiger partial charge in [0, 0.05) is 12.6 Å². The highest BCUT2D eigenvalue weighted by atomic mass is 16.5. The summed E-state index contributed by atoms with van der Waals surface area (Å²) in [6.45, 7) is 3.27. The maximum Gasteiger partial charge on any atom is 0.159 e. The predicted octanol–water partition coefficient (Wildman–Crippen LogP) is 1.03. The molecule has 2 rings (SSSR count). The number of nitrogens with zero attached hydrogens (tertiary/aromatic N) is 3. The van der Waals surface area contributed by atoms with Crippen molar-refractivity contribution in [3.63, 3.8) is 0 Å². The third kappa shape index (κ3) is 2.35. The Kier molecular flexibility index (Phi) is 3.33. The van der Waals surface area contributed by atoms with Crippen LogP contribution in [0.4, 0.5) is 0 Å². The number of hydrogen-bond donors (Lipinski definition) is 1. The predicted molar refractivity (Wildman–Crippen MR) is 54.2 cm³/mol. The molecule has 0 unspecified atom stereocenters. The average Bonchev–Trinajstić information content (AvgIpc) is 3.00. The minimum absolute atomic E-state index is 0.0444. The molecule has 84 valence electrons. The molecule has 5 nitrogen and oxygen atoms in total. The van der Waals surface area contributed by atoms with Crippen molar-refractivity contribution < 1.29 is 9.84 Å². The van der Waals surface area contributed by atoms with Gasteiger partial charge in [-0.1, -0.05) is 6.92 Å². The number of ether oxygens (including phenoxy) is 1. The first-order valence-electron chi connectivity index (χ1n) is 5.48.